The largest absolute Gasteiger partial charge is 0.393 e. The minimum Gasteiger partial charge on any atom is -0.393 e. The number of rotatable bonds is 2. The topological polar surface area (TPSA) is 99.1 Å². The SMILES string of the molecule is Nc1nc(F)nc2c1ncn2[C@H]1CS[C@@H](CO)O1. The van der Waals surface area contributed by atoms with Gasteiger partial charge in [0.05, 0.1) is 12.9 Å². The van der Waals surface area contributed by atoms with Crippen LogP contribution in [0.5, 0.6) is 0 Å². The molecule has 0 aliphatic carbocycles. The van der Waals surface area contributed by atoms with Crippen LogP contribution in [0, 0.1) is 6.08 Å². The molecule has 0 amide bonds. The maximum absolute atomic E-state index is 13.2. The molecule has 7 nitrogen and oxygen atoms in total. The number of nitrogen functional groups attached to an aromatic ring is 1. The summed E-state index contributed by atoms with van der Waals surface area (Å²) in [5.74, 6) is 0.628. The van der Waals surface area contributed by atoms with Crippen LogP contribution < -0.4 is 5.73 Å². The molecule has 9 heteroatoms. The number of hydrogen-bond acceptors (Lipinski definition) is 7. The van der Waals surface area contributed by atoms with Gasteiger partial charge in [0.1, 0.15) is 11.7 Å². The van der Waals surface area contributed by atoms with Gasteiger partial charge in [-0.15, -0.1) is 11.8 Å². The number of aromatic nitrogens is 4. The van der Waals surface area contributed by atoms with Crippen molar-refractivity contribution in [2.24, 2.45) is 0 Å². The lowest BCUT2D eigenvalue weighted by Crippen LogP contribution is -2.14. The summed E-state index contributed by atoms with van der Waals surface area (Å²) < 4.78 is 20.3. The second kappa shape index (κ2) is 4.34. The summed E-state index contributed by atoms with van der Waals surface area (Å²) in [5.41, 5.74) is 5.93. The van der Waals surface area contributed by atoms with E-state index < -0.39 is 6.08 Å². The third-order valence-corrected chi connectivity index (χ3v) is 3.72. The molecule has 2 aromatic heterocycles. The molecule has 0 saturated carbocycles. The zero-order valence-corrected chi connectivity index (χ0v) is 9.97. The van der Waals surface area contributed by atoms with Crippen molar-refractivity contribution in [2.45, 2.75) is 11.7 Å². The lowest BCUT2D eigenvalue weighted by molar-refractivity contribution is -0.00195. The molecule has 0 bridgehead atoms. The van der Waals surface area contributed by atoms with Crippen LogP contribution in [-0.2, 0) is 4.74 Å². The maximum Gasteiger partial charge on any atom is 0.312 e. The lowest BCUT2D eigenvalue weighted by Gasteiger charge is -2.12. The van der Waals surface area contributed by atoms with E-state index in [0.29, 0.717) is 16.9 Å². The van der Waals surface area contributed by atoms with E-state index in [-0.39, 0.29) is 24.1 Å². The minimum absolute atomic E-state index is 0.000563. The fourth-order valence-electron chi connectivity index (χ4n) is 1.81. The number of fused-ring (bicyclic) bond motifs is 1. The Hall–Kier alpha value is -1.45. The van der Waals surface area contributed by atoms with Gasteiger partial charge in [-0.05, 0) is 0 Å². The van der Waals surface area contributed by atoms with Crippen molar-refractivity contribution >= 4 is 28.7 Å². The van der Waals surface area contributed by atoms with Crippen molar-refractivity contribution in [3.05, 3.63) is 12.4 Å². The third kappa shape index (κ3) is 1.80. The summed E-state index contributed by atoms with van der Waals surface area (Å²) in [7, 11) is 0. The fourth-order valence-corrected chi connectivity index (χ4v) is 2.74. The van der Waals surface area contributed by atoms with Gasteiger partial charge in [-0.3, -0.25) is 4.57 Å². The molecule has 1 fully saturated rings. The van der Waals surface area contributed by atoms with Crippen LogP contribution in [0.4, 0.5) is 10.2 Å². The van der Waals surface area contributed by atoms with Crippen LogP contribution >= 0.6 is 11.8 Å². The molecule has 0 spiro atoms. The van der Waals surface area contributed by atoms with E-state index in [1.165, 1.54) is 18.1 Å². The summed E-state index contributed by atoms with van der Waals surface area (Å²) in [6.45, 7) is -0.0702. The van der Waals surface area contributed by atoms with Crippen LogP contribution in [0.15, 0.2) is 6.33 Å². The number of nitrogens with two attached hydrogens (primary N) is 1. The van der Waals surface area contributed by atoms with Crippen LogP contribution in [0.2, 0.25) is 0 Å². The molecule has 0 aromatic carbocycles. The number of thioether (sulfide) groups is 1. The van der Waals surface area contributed by atoms with Crippen molar-refractivity contribution in [3.63, 3.8) is 0 Å². The highest BCUT2D eigenvalue weighted by Crippen LogP contribution is 2.33. The highest BCUT2D eigenvalue weighted by Gasteiger charge is 2.28. The Bertz CT molecular complexity index is 592. The Morgan fingerprint density at radius 3 is 3.17 bits per heavy atom. The lowest BCUT2D eigenvalue weighted by atomic mass is 10.5. The van der Waals surface area contributed by atoms with Crippen LogP contribution in [-0.4, -0.2) is 42.4 Å². The van der Waals surface area contributed by atoms with Crippen molar-refractivity contribution in [1.82, 2.24) is 19.5 Å². The van der Waals surface area contributed by atoms with E-state index in [1.807, 2.05) is 0 Å². The maximum atomic E-state index is 13.2. The molecule has 3 heterocycles. The van der Waals surface area contributed by atoms with Gasteiger partial charge >= 0.3 is 6.08 Å². The smallest absolute Gasteiger partial charge is 0.312 e. The molecule has 0 unspecified atom stereocenters. The van der Waals surface area contributed by atoms with Crippen molar-refractivity contribution < 1.29 is 14.2 Å². The van der Waals surface area contributed by atoms with Gasteiger partial charge in [0.2, 0.25) is 0 Å². The number of hydrogen-bond donors (Lipinski definition) is 2. The normalized spacial score (nSPS) is 23.9. The number of aliphatic hydroxyl groups is 1. The number of ether oxygens (including phenoxy) is 1. The number of halogens is 1. The molecule has 2 aromatic rings. The fraction of sp³-hybridized carbons (Fsp3) is 0.444. The van der Waals surface area contributed by atoms with E-state index in [2.05, 4.69) is 15.0 Å². The molecule has 1 aliphatic rings. The first-order valence-electron chi connectivity index (χ1n) is 5.22. The molecular formula is C9H10FN5O2S. The Kier molecular flexibility index (Phi) is 2.80. The van der Waals surface area contributed by atoms with Crippen molar-refractivity contribution in [3.8, 4) is 0 Å². The summed E-state index contributed by atoms with van der Waals surface area (Å²) in [6.07, 6.45) is 0.247. The molecule has 3 rings (SSSR count). The number of aliphatic hydroxyl groups excluding tert-OH is 1. The molecule has 2 atom stereocenters. The van der Waals surface area contributed by atoms with Gasteiger partial charge in [0.25, 0.3) is 0 Å². The molecule has 96 valence electrons. The molecular weight excluding hydrogens is 261 g/mol. The first-order chi connectivity index (χ1) is 8.69. The average molecular weight is 271 g/mol. The first-order valence-corrected chi connectivity index (χ1v) is 6.27. The van der Waals surface area contributed by atoms with Crippen molar-refractivity contribution in [2.75, 3.05) is 18.1 Å². The van der Waals surface area contributed by atoms with E-state index in [1.54, 1.807) is 4.57 Å². The number of nitrogens with zero attached hydrogens (tertiary/aromatic N) is 4. The third-order valence-electron chi connectivity index (χ3n) is 2.61. The number of anilines is 1. The summed E-state index contributed by atoms with van der Waals surface area (Å²) >= 11 is 1.48. The van der Waals surface area contributed by atoms with E-state index in [0.717, 1.165) is 0 Å². The quantitative estimate of drug-likeness (QED) is 0.749. The Morgan fingerprint density at radius 2 is 2.44 bits per heavy atom. The molecule has 0 radical (unpaired) electrons. The second-order valence-electron chi connectivity index (χ2n) is 3.74. The number of imidazole rings is 1. The summed E-state index contributed by atoms with van der Waals surface area (Å²) in [4.78, 5) is 11.1. The van der Waals surface area contributed by atoms with Crippen LogP contribution in [0.1, 0.15) is 6.23 Å². The van der Waals surface area contributed by atoms with E-state index in [4.69, 9.17) is 15.6 Å². The monoisotopic (exact) mass is 271 g/mol. The summed E-state index contributed by atoms with van der Waals surface area (Å²) in [5, 5.41) is 9.01. The van der Waals surface area contributed by atoms with E-state index >= 15 is 0 Å². The average Bonchev–Trinajstić information content (AvgIpc) is 2.93. The zero-order chi connectivity index (χ0) is 12.7. The molecule has 18 heavy (non-hydrogen) atoms. The van der Waals surface area contributed by atoms with E-state index in [9.17, 15) is 4.39 Å². The van der Waals surface area contributed by atoms with Gasteiger partial charge in [-0.1, -0.05) is 0 Å². The predicted octanol–water partition coefficient (Wildman–Crippen LogP) is 0.128. The van der Waals surface area contributed by atoms with Gasteiger partial charge in [-0.25, -0.2) is 4.98 Å². The summed E-state index contributed by atoms with van der Waals surface area (Å²) in [6, 6.07) is 0. The molecule has 1 aliphatic heterocycles. The Morgan fingerprint density at radius 1 is 1.61 bits per heavy atom. The zero-order valence-electron chi connectivity index (χ0n) is 9.15. The predicted molar refractivity (Wildman–Crippen MR) is 63.1 cm³/mol. The van der Waals surface area contributed by atoms with Gasteiger partial charge in [-0.2, -0.15) is 14.4 Å². The van der Waals surface area contributed by atoms with Gasteiger partial charge in [0.15, 0.2) is 17.0 Å². The standard InChI is InChI=1S/C9H10FN5O2S/c10-9-13-7(11)6-8(14-9)15(3-12-6)4-2-18-5(1-16)17-4/h3-5,16H,1-2H2,(H2,11,13,14)/t4-,5+/m1/s1. The first kappa shape index (κ1) is 11.6. The minimum atomic E-state index is -0.897. The van der Waals surface area contributed by atoms with Crippen LogP contribution in [0.25, 0.3) is 11.2 Å². The highest BCUT2D eigenvalue weighted by atomic mass is 32.2. The molecule has 3 N–H and O–H groups in total. The van der Waals surface area contributed by atoms with Crippen molar-refractivity contribution in [1.29, 1.82) is 0 Å². The Labute approximate surface area is 105 Å². The highest BCUT2D eigenvalue weighted by molar-refractivity contribution is 8.00. The molecule has 1 saturated heterocycles. The van der Waals surface area contributed by atoms with Gasteiger partial charge < -0.3 is 15.6 Å². The van der Waals surface area contributed by atoms with Crippen LogP contribution in [0.3, 0.4) is 0 Å². The van der Waals surface area contributed by atoms with Gasteiger partial charge in [0, 0.05) is 5.75 Å². The second-order valence-corrected chi connectivity index (χ2v) is 4.93. The Balaban J connectivity index is 2.03.